The molecule has 0 aliphatic carbocycles. The first-order valence-corrected chi connectivity index (χ1v) is 4.77. The topological polar surface area (TPSA) is 17.1 Å². The summed E-state index contributed by atoms with van der Waals surface area (Å²) in [5, 5.41) is 0. The second-order valence-corrected chi connectivity index (χ2v) is 2.74. The van der Waals surface area contributed by atoms with Crippen LogP contribution in [0.3, 0.4) is 0 Å². The van der Waals surface area contributed by atoms with Gasteiger partial charge in [0.25, 0.3) is 0 Å². The quantitative estimate of drug-likeness (QED) is 0.680. The highest BCUT2D eigenvalue weighted by atomic mass is 16.1. The summed E-state index contributed by atoms with van der Waals surface area (Å²) in [7, 11) is 0. The monoisotopic (exact) mass is 181 g/mol. The van der Waals surface area contributed by atoms with Crippen LogP contribution in [-0.2, 0) is 4.79 Å². The van der Waals surface area contributed by atoms with E-state index in [2.05, 4.69) is 0 Å². The van der Waals surface area contributed by atoms with Crippen molar-refractivity contribution in [3.63, 3.8) is 0 Å². The van der Waals surface area contributed by atoms with Crippen molar-refractivity contribution in [2.75, 3.05) is 0 Å². The summed E-state index contributed by atoms with van der Waals surface area (Å²) >= 11 is 0. The van der Waals surface area contributed by atoms with Crippen molar-refractivity contribution in [3.8, 4) is 0 Å². The minimum atomic E-state index is 0. The van der Waals surface area contributed by atoms with Gasteiger partial charge in [0.05, 0.1) is 0 Å². The van der Waals surface area contributed by atoms with Crippen molar-refractivity contribution in [3.05, 3.63) is 35.9 Å². The Labute approximate surface area is 82.3 Å². The van der Waals surface area contributed by atoms with E-state index in [1.807, 2.05) is 51.1 Å². The first-order valence-electron chi connectivity index (χ1n) is 4.77. The van der Waals surface area contributed by atoms with Crippen LogP contribution in [0.1, 0.15) is 40.6 Å². The molecule has 0 aliphatic rings. The number of ketones is 1. The summed E-state index contributed by atoms with van der Waals surface area (Å²) in [4.78, 5) is 10.9. The molecule has 1 aromatic rings. The van der Waals surface area contributed by atoms with Gasteiger partial charge in [-0.15, -0.1) is 0 Å². The van der Waals surface area contributed by atoms with E-state index in [1.54, 1.807) is 6.92 Å². The Balaban J connectivity index is 0. The molecule has 1 aromatic carbocycles. The predicted octanol–water partition coefficient (Wildman–Crippen LogP) is 3.65. The third kappa shape index (κ3) is 3.88. The van der Waals surface area contributed by atoms with Crippen LogP contribution in [0, 0.1) is 0 Å². The molecule has 74 valence electrons. The second kappa shape index (κ2) is 6.41. The molecular weight excluding hydrogens is 160 g/mol. The van der Waals surface area contributed by atoms with E-state index in [1.165, 1.54) is 0 Å². The van der Waals surface area contributed by atoms with Crippen LogP contribution in [0.15, 0.2) is 30.3 Å². The van der Waals surface area contributed by atoms with Gasteiger partial charge >= 0.3 is 0 Å². The molecule has 0 saturated heterocycles. The zero-order valence-corrected chi connectivity index (χ0v) is 8.87. The smallest absolute Gasteiger partial charge is 0.136 e. The number of rotatable bonds is 2. The molecule has 1 atom stereocenters. The first-order chi connectivity index (χ1) is 6.22. The summed E-state index contributed by atoms with van der Waals surface area (Å²) in [6.07, 6.45) is 0. The van der Waals surface area contributed by atoms with E-state index < -0.39 is 0 Å². The molecule has 0 saturated carbocycles. The molecule has 0 heterocycles. The van der Waals surface area contributed by atoms with Gasteiger partial charge in [-0.3, -0.25) is 4.79 Å². The highest BCUT2D eigenvalue weighted by Crippen LogP contribution is 2.14. The Morgan fingerprint density at radius 1 is 1.23 bits per heavy atom. The van der Waals surface area contributed by atoms with Crippen LogP contribution in [0.4, 0.5) is 0 Å². The van der Waals surface area contributed by atoms with Gasteiger partial charge in [0.2, 0.25) is 0 Å². The number of carbonyl (C=O) groups excluding carboxylic acids is 1. The standard InChI is InChI=1S/C10H12O.C2H6.H2/c1-8(9(2)11)10-6-4-3-5-7-10;1-2;/h3-8H,1-2H3;1-2H3;1H/t8-;;/m0../s1/i;;1+1. The molecule has 0 spiro atoms. The van der Waals surface area contributed by atoms with Crippen molar-refractivity contribution in [1.29, 1.82) is 0 Å². The summed E-state index contributed by atoms with van der Waals surface area (Å²) in [6, 6.07) is 9.82. The highest BCUT2D eigenvalue weighted by Gasteiger charge is 2.08. The van der Waals surface area contributed by atoms with E-state index in [0.717, 1.165) is 5.56 Å². The summed E-state index contributed by atoms with van der Waals surface area (Å²) in [5.74, 6) is 0.257. The van der Waals surface area contributed by atoms with Crippen molar-refractivity contribution < 1.29 is 6.22 Å². The lowest BCUT2D eigenvalue weighted by Crippen LogP contribution is -2.03. The van der Waals surface area contributed by atoms with E-state index in [0.29, 0.717) is 0 Å². The van der Waals surface area contributed by atoms with Crippen LogP contribution < -0.4 is 0 Å². The first kappa shape index (κ1) is 11.9. The zero-order chi connectivity index (χ0) is 10.3. The van der Waals surface area contributed by atoms with Crippen LogP contribution in [0.25, 0.3) is 0 Å². The van der Waals surface area contributed by atoms with Gasteiger partial charge in [-0.2, -0.15) is 0 Å². The van der Waals surface area contributed by atoms with E-state index in [-0.39, 0.29) is 13.1 Å². The van der Waals surface area contributed by atoms with Crippen LogP contribution in [-0.4, -0.2) is 5.78 Å². The van der Waals surface area contributed by atoms with Gasteiger partial charge in [0.15, 0.2) is 0 Å². The molecule has 1 nitrogen and oxygen atoms in total. The molecule has 0 fully saturated rings. The lowest BCUT2D eigenvalue weighted by Gasteiger charge is -2.05. The summed E-state index contributed by atoms with van der Waals surface area (Å²) < 4.78 is 0. The van der Waals surface area contributed by atoms with Crippen molar-refractivity contribution in [1.82, 2.24) is 0 Å². The molecular formula is C12H20O. The van der Waals surface area contributed by atoms with Gasteiger partial charge in [-0.25, -0.2) is 0 Å². The average Bonchev–Trinajstić information content (AvgIpc) is 2.21. The van der Waals surface area contributed by atoms with Crippen LogP contribution in [0.5, 0.6) is 0 Å². The Morgan fingerprint density at radius 3 is 2.08 bits per heavy atom. The largest absolute Gasteiger partial charge is 0.299 e. The molecule has 0 amide bonds. The molecule has 0 radical (unpaired) electrons. The van der Waals surface area contributed by atoms with Crippen LogP contribution in [0.2, 0.25) is 0 Å². The molecule has 0 bridgehead atoms. The number of benzene rings is 1. The lowest BCUT2D eigenvalue weighted by atomic mass is 9.98. The summed E-state index contributed by atoms with van der Waals surface area (Å²) in [6.45, 7) is 7.55. The second-order valence-electron chi connectivity index (χ2n) is 2.74. The van der Waals surface area contributed by atoms with Crippen molar-refractivity contribution in [2.45, 2.75) is 33.6 Å². The number of hydrogen-bond acceptors (Lipinski definition) is 1. The van der Waals surface area contributed by atoms with Gasteiger partial charge in [-0.1, -0.05) is 51.1 Å². The fourth-order valence-corrected chi connectivity index (χ4v) is 0.976. The number of carbonyl (C=O) groups is 1. The highest BCUT2D eigenvalue weighted by molar-refractivity contribution is 5.82. The Morgan fingerprint density at radius 2 is 1.69 bits per heavy atom. The van der Waals surface area contributed by atoms with E-state index >= 15 is 0 Å². The Kier molecular flexibility index (Phi) is 5.86. The predicted molar refractivity (Wildman–Crippen MR) is 59.0 cm³/mol. The SMILES string of the molecule is CC.CC(=O)[C@H](C)c1ccccc1.[2HH]. The fraction of sp³-hybridized carbons (Fsp3) is 0.417. The van der Waals surface area contributed by atoms with E-state index in [9.17, 15) is 4.79 Å². The van der Waals surface area contributed by atoms with E-state index in [4.69, 9.17) is 0 Å². The van der Waals surface area contributed by atoms with Gasteiger partial charge in [0, 0.05) is 7.34 Å². The molecule has 0 unspecified atom stereocenters. The maximum atomic E-state index is 10.9. The van der Waals surface area contributed by atoms with Crippen molar-refractivity contribution >= 4 is 5.78 Å². The zero-order valence-electron chi connectivity index (χ0n) is 8.87. The van der Waals surface area contributed by atoms with Crippen LogP contribution >= 0.6 is 0 Å². The maximum Gasteiger partial charge on any atom is 0.136 e. The number of Topliss-reactive ketones (excluding diaryl/α,β-unsaturated/α-hetero) is 1. The summed E-state index contributed by atoms with van der Waals surface area (Å²) in [5.41, 5.74) is 1.10. The lowest BCUT2D eigenvalue weighted by molar-refractivity contribution is -0.118. The Hall–Kier alpha value is -1.11. The molecule has 1 rings (SSSR count). The van der Waals surface area contributed by atoms with Gasteiger partial charge < -0.3 is 0 Å². The Bertz CT molecular complexity index is 244. The molecule has 13 heavy (non-hydrogen) atoms. The van der Waals surface area contributed by atoms with Gasteiger partial charge in [-0.05, 0) is 12.5 Å². The third-order valence-electron chi connectivity index (χ3n) is 1.91. The van der Waals surface area contributed by atoms with Gasteiger partial charge in [0.1, 0.15) is 5.78 Å². The minimum Gasteiger partial charge on any atom is -0.299 e. The maximum absolute atomic E-state index is 10.9. The molecule has 1 heteroatoms. The normalized spacial score (nSPS) is 11.1. The average molecular weight is 181 g/mol. The minimum absolute atomic E-state index is 0. The molecule has 0 aromatic heterocycles. The molecule has 0 N–H and O–H groups in total. The number of hydrogen-bond donors (Lipinski definition) is 0. The third-order valence-corrected chi connectivity index (χ3v) is 1.91. The van der Waals surface area contributed by atoms with Crippen molar-refractivity contribution in [2.24, 2.45) is 0 Å². The molecule has 0 aliphatic heterocycles. The fourth-order valence-electron chi connectivity index (χ4n) is 0.976.